The Morgan fingerprint density at radius 1 is 0.929 bits per heavy atom. The lowest BCUT2D eigenvalue weighted by Crippen LogP contribution is -2.12. The van der Waals surface area contributed by atoms with E-state index in [0.717, 1.165) is 22.3 Å². The van der Waals surface area contributed by atoms with Crippen molar-refractivity contribution in [1.29, 1.82) is 0 Å². The highest BCUT2D eigenvalue weighted by molar-refractivity contribution is 7.92. The van der Waals surface area contributed by atoms with Crippen LogP contribution in [0.15, 0.2) is 102 Å². The SMILES string of the molecule is Cc1ccc(S(=O)(=O)Nc2ccc(C=Cc3nc(-c4ccc(Cl)cc4Cl)cn3Cc3ccc(C(=O)O)cc3)cc2)cc1. The van der Waals surface area contributed by atoms with Gasteiger partial charge >= 0.3 is 5.97 Å². The van der Waals surface area contributed by atoms with Crippen LogP contribution in [0.2, 0.25) is 10.0 Å². The largest absolute Gasteiger partial charge is 0.478 e. The Labute approximate surface area is 253 Å². The van der Waals surface area contributed by atoms with Gasteiger partial charge < -0.3 is 9.67 Å². The van der Waals surface area contributed by atoms with Gasteiger partial charge in [0.2, 0.25) is 0 Å². The molecule has 2 N–H and O–H groups in total. The molecule has 42 heavy (non-hydrogen) atoms. The van der Waals surface area contributed by atoms with Gasteiger partial charge in [0.1, 0.15) is 5.82 Å². The molecule has 0 spiro atoms. The van der Waals surface area contributed by atoms with Gasteiger partial charge in [-0.1, -0.05) is 71.2 Å². The molecule has 10 heteroatoms. The first-order valence-electron chi connectivity index (χ1n) is 12.8. The van der Waals surface area contributed by atoms with Crippen molar-refractivity contribution in [2.45, 2.75) is 18.4 Å². The standard InChI is InChI=1S/C32H25Cl2N3O4S/c1-21-2-14-27(15-3-21)42(40,41)36-26-12-6-22(7-13-26)8-17-31-35-30(28-16-11-25(33)18-29(28)34)20-37(31)19-23-4-9-24(10-5-23)32(38)39/h2-18,20,36H,19H2,1H3,(H,38,39). The molecule has 5 rings (SSSR count). The van der Waals surface area contributed by atoms with Crippen molar-refractivity contribution in [3.8, 4) is 11.3 Å². The molecule has 0 unspecified atom stereocenters. The molecule has 0 fully saturated rings. The first-order chi connectivity index (χ1) is 20.1. The first-order valence-corrected chi connectivity index (χ1v) is 15.0. The van der Waals surface area contributed by atoms with Gasteiger partial charge in [0.05, 0.1) is 21.2 Å². The third-order valence-corrected chi connectivity index (χ3v) is 8.43. The number of aromatic carboxylic acids is 1. The number of benzene rings is 4. The van der Waals surface area contributed by atoms with Crippen molar-refractivity contribution in [2.75, 3.05) is 4.72 Å². The predicted octanol–water partition coefficient (Wildman–Crippen LogP) is 7.88. The fraction of sp³-hybridized carbons (Fsp3) is 0.0625. The average molecular weight is 619 g/mol. The maximum absolute atomic E-state index is 12.7. The summed E-state index contributed by atoms with van der Waals surface area (Å²) < 4.78 is 30.0. The maximum atomic E-state index is 12.7. The maximum Gasteiger partial charge on any atom is 0.335 e. The molecule has 212 valence electrons. The molecular formula is C32H25Cl2N3O4S. The highest BCUT2D eigenvalue weighted by atomic mass is 35.5. The molecule has 7 nitrogen and oxygen atoms in total. The zero-order chi connectivity index (χ0) is 29.9. The summed E-state index contributed by atoms with van der Waals surface area (Å²) in [6.45, 7) is 2.34. The Balaban J connectivity index is 1.40. The molecule has 1 aromatic heterocycles. The van der Waals surface area contributed by atoms with E-state index in [0.29, 0.717) is 33.8 Å². The van der Waals surface area contributed by atoms with Gasteiger partial charge in [-0.25, -0.2) is 18.2 Å². The van der Waals surface area contributed by atoms with Crippen LogP contribution in [0.5, 0.6) is 0 Å². The van der Waals surface area contributed by atoms with E-state index in [9.17, 15) is 18.3 Å². The number of hydrogen-bond acceptors (Lipinski definition) is 4. The number of carbonyl (C=O) groups is 1. The Morgan fingerprint density at radius 3 is 2.26 bits per heavy atom. The molecule has 0 amide bonds. The van der Waals surface area contributed by atoms with Gasteiger partial charge in [0.15, 0.2) is 0 Å². The topological polar surface area (TPSA) is 101 Å². The van der Waals surface area contributed by atoms with Crippen LogP contribution in [0.1, 0.15) is 32.9 Å². The van der Waals surface area contributed by atoms with Crippen LogP contribution in [0.25, 0.3) is 23.4 Å². The number of aryl methyl sites for hydroxylation is 1. The van der Waals surface area contributed by atoms with E-state index in [1.807, 2.05) is 35.9 Å². The molecule has 0 radical (unpaired) electrons. The number of carboxylic acids is 1. The number of halogens is 2. The zero-order valence-electron chi connectivity index (χ0n) is 22.3. The molecule has 0 aliphatic rings. The van der Waals surface area contributed by atoms with Crippen LogP contribution in [0, 0.1) is 6.92 Å². The van der Waals surface area contributed by atoms with Gasteiger partial charge in [-0.15, -0.1) is 0 Å². The number of nitrogens with zero attached hydrogens (tertiary/aromatic N) is 2. The van der Waals surface area contributed by atoms with Gasteiger partial charge in [-0.2, -0.15) is 0 Å². The highest BCUT2D eigenvalue weighted by Crippen LogP contribution is 2.30. The van der Waals surface area contributed by atoms with Gasteiger partial charge in [0.25, 0.3) is 10.0 Å². The second-order valence-electron chi connectivity index (χ2n) is 9.61. The number of anilines is 1. The predicted molar refractivity (Wildman–Crippen MR) is 168 cm³/mol. The van der Waals surface area contributed by atoms with Crippen LogP contribution in [-0.4, -0.2) is 29.0 Å². The van der Waals surface area contributed by atoms with Crippen molar-refractivity contribution in [1.82, 2.24) is 9.55 Å². The molecule has 5 aromatic rings. The average Bonchev–Trinajstić information content (AvgIpc) is 3.35. The number of hydrogen-bond donors (Lipinski definition) is 2. The minimum atomic E-state index is -3.70. The molecule has 0 saturated carbocycles. The fourth-order valence-corrected chi connectivity index (χ4v) is 5.79. The first kappa shape index (κ1) is 29.1. The molecule has 0 aliphatic carbocycles. The monoisotopic (exact) mass is 617 g/mol. The summed E-state index contributed by atoms with van der Waals surface area (Å²) in [4.78, 5) is 16.2. The molecule has 0 atom stereocenters. The van der Waals surface area contributed by atoms with E-state index < -0.39 is 16.0 Å². The van der Waals surface area contributed by atoms with Crippen molar-refractivity contribution in [3.63, 3.8) is 0 Å². The molecule has 0 bridgehead atoms. The second-order valence-corrected chi connectivity index (χ2v) is 12.1. The van der Waals surface area contributed by atoms with Crippen molar-refractivity contribution in [2.24, 2.45) is 0 Å². The van der Waals surface area contributed by atoms with Crippen LogP contribution >= 0.6 is 23.2 Å². The number of carboxylic acid groups (broad SMARTS) is 1. The number of sulfonamides is 1. The van der Waals surface area contributed by atoms with Crippen LogP contribution in [0.4, 0.5) is 5.69 Å². The van der Waals surface area contributed by atoms with E-state index in [1.165, 1.54) is 0 Å². The summed E-state index contributed by atoms with van der Waals surface area (Å²) in [6, 6.07) is 25.5. The third kappa shape index (κ3) is 6.91. The van der Waals surface area contributed by atoms with E-state index >= 15 is 0 Å². The van der Waals surface area contributed by atoms with Crippen LogP contribution in [0.3, 0.4) is 0 Å². The number of aromatic nitrogens is 2. The summed E-state index contributed by atoms with van der Waals surface area (Å²) in [6.07, 6.45) is 5.60. The minimum Gasteiger partial charge on any atom is -0.478 e. The lowest BCUT2D eigenvalue weighted by Gasteiger charge is -2.08. The Bertz CT molecular complexity index is 1880. The van der Waals surface area contributed by atoms with E-state index in [-0.39, 0.29) is 10.5 Å². The van der Waals surface area contributed by atoms with Crippen molar-refractivity contribution < 1.29 is 18.3 Å². The molecule has 0 aliphatic heterocycles. The third-order valence-electron chi connectivity index (χ3n) is 6.49. The summed E-state index contributed by atoms with van der Waals surface area (Å²) in [5.41, 5.74) is 4.73. The summed E-state index contributed by atoms with van der Waals surface area (Å²) >= 11 is 12.5. The summed E-state index contributed by atoms with van der Waals surface area (Å²) in [5.74, 6) is -0.344. The lowest BCUT2D eigenvalue weighted by molar-refractivity contribution is 0.0697. The van der Waals surface area contributed by atoms with Crippen LogP contribution < -0.4 is 4.72 Å². The van der Waals surface area contributed by atoms with Gasteiger partial charge in [0, 0.05) is 29.0 Å². The number of nitrogens with one attached hydrogen (secondary N) is 1. The smallest absolute Gasteiger partial charge is 0.335 e. The molecular weight excluding hydrogens is 593 g/mol. The van der Waals surface area contributed by atoms with E-state index in [2.05, 4.69) is 4.72 Å². The highest BCUT2D eigenvalue weighted by Gasteiger charge is 2.14. The summed E-state index contributed by atoms with van der Waals surface area (Å²) in [5, 5.41) is 10.2. The van der Waals surface area contributed by atoms with Gasteiger partial charge in [-0.3, -0.25) is 4.72 Å². The van der Waals surface area contributed by atoms with E-state index in [1.54, 1.807) is 84.9 Å². The van der Waals surface area contributed by atoms with E-state index in [4.69, 9.17) is 28.2 Å². The van der Waals surface area contributed by atoms with Crippen LogP contribution in [-0.2, 0) is 16.6 Å². The fourth-order valence-electron chi connectivity index (χ4n) is 4.23. The number of rotatable bonds is 9. The summed E-state index contributed by atoms with van der Waals surface area (Å²) in [7, 11) is -3.70. The minimum absolute atomic E-state index is 0.193. The van der Waals surface area contributed by atoms with Gasteiger partial charge in [-0.05, 0) is 78.7 Å². The normalized spacial score (nSPS) is 11.6. The molecule has 0 saturated heterocycles. The lowest BCUT2D eigenvalue weighted by atomic mass is 10.1. The quantitative estimate of drug-likeness (QED) is 0.175. The zero-order valence-corrected chi connectivity index (χ0v) is 24.7. The van der Waals surface area contributed by atoms with Crippen molar-refractivity contribution >= 4 is 57.0 Å². The van der Waals surface area contributed by atoms with Crippen molar-refractivity contribution in [3.05, 3.63) is 135 Å². The second kappa shape index (κ2) is 12.2. The number of imidazole rings is 1. The molecule has 1 heterocycles. The Hall–Kier alpha value is -4.37. The Morgan fingerprint density at radius 2 is 1.62 bits per heavy atom. The molecule has 4 aromatic carbocycles. The Kier molecular flexibility index (Phi) is 8.49.